The highest BCUT2D eigenvalue weighted by atomic mass is 16.3. The summed E-state index contributed by atoms with van der Waals surface area (Å²) in [5.74, 6) is -0.150. The monoisotopic (exact) mass is 328 g/mol. The van der Waals surface area contributed by atoms with Gasteiger partial charge in [0.15, 0.2) is 12.0 Å². The number of oxazole rings is 1. The molecule has 0 radical (unpaired) electrons. The molecule has 0 saturated heterocycles. The number of hydrogen-bond acceptors (Lipinski definition) is 3. The number of nitrogens with zero attached hydrogens (tertiary/aromatic N) is 1. The van der Waals surface area contributed by atoms with E-state index in [9.17, 15) is 4.79 Å². The molecule has 4 heteroatoms. The summed E-state index contributed by atoms with van der Waals surface area (Å²) >= 11 is 0. The molecule has 1 amide bonds. The zero-order valence-corrected chi connectivity index (χ0v) is 13.4. The van der Waals surface area contributed by atoms with Gasteiger partial charge in [-0.25, -0.2) is 4.98 Å². The van der Waals surface area contributed by atoms with Crippen molar-refractivity contribution in [2.75, 3.05) is 0 Å². The first-order valence-corrected chi connectivity index (χ1v) is 8.05. The lowest BCUT2D eigenvalue weighted by atomic mass is 9.98. The number of nitrogens with one attached hydrogen (secondary N) is 1. The Bertz CT molecular complexity index is 955. The average Bonchev–Trinajstić information content (AvgIpc) is 3.15. The lowest BCUT2D eigenvalue weighted by Gasteiger charge is -2.20. The van der Waals surface area contributed by atoms with E-state index in [1.807, 2.05) is 60.7 Å². The van der Waals surface area contributed by atoms with Crippen LogP contribution < -0.4 is 5.32 Å². The highest BCUT2D eigenvalue weighted by Gasteiger charge is 2.18. The highest BCUT2D eigenvalue weighted by Crippen LogP contribution is 2.23. The molecule has 0 spiro atoms. The minimum absolute atomic E-state index is 0.150. The molecule has 0 aliphatic rings. The molecule has 0 unspecified atom stereocenters. The fourth-order valence-electron chi connectivity index (χ4n) is 2.86. The van der Waals surface area contributed by atoms with E-state index in [-0.39, 0.29) is 11.9 Å². The van der Waals surface area contributed by atoms with Crippen LogP contribution in [-0.2, 0) is 0 Å². The molecule has 0 aliphatic carbocycles. The Morgan fingerprint density at radius 3 is 2.16 bits per heavy atom. The summed E-state index contributed by atoms with van der Waals surface area (Å²) < 4.78 is 5.23. The molecule has 0 fully saturated rings. The molecule has 4 rings (SSSR count). The van der Waals surface area contributed by atoms with Crippen LogP contribution in [0.2, 0.25) is 0 Å². The molecular weight excluding hydrogens is 312 g/mol. The fourth-order valence-corrected chi connectivity index (χ4v) is 2.86. The third-order valence-electron chi connectivity index (χ3n) is 4.13. The first-order chi connectivity index (χ1) is 12.3. The zero-order chi connectivity index (χ0) is 17.1. The molecule has 25 heavy (non-hydrogen) atoms. The first-order valence-electron chi connectivity index (χ1n) is 8.05. The maximum absolute atomic E-state index is 12.8. The van der Waals surface area contributed by atoms with Gasteiger partial charge in [-0.3, -0.25) is 4.79 Å². The van der Waals surface area contributed by atoms with Crippen LogP contribution in [0.25, 0.3) is 11.1 Å². The summed E-state index contributed by atoms with van der Waals surface area (Å²) in [6, 6.07) is 24.9. The standard InChI is InChI=1S/C21H16N2O2/c24-21(17-11-12-19-18(13-17)22-14-25-19)23-20(15-7-3-1-4-8-15)16-9-5-2-6-10-16/h1-14,20H,(H,23,24). The maximum atomic E-state index is 12.8. The molecule has 0 saturated carbocycles. The van der Waals surface area contributed by atoms with Gasteiger partial charge in [0.1, 0.15) is 5.52 Å². The van der Waals surface area contributed by atoms with Gasteiger partial charge >= 0.3 is 0 Å². The first kappa shape index (κ1) is 15.1. The minimum atomic E-state index is -0.220. The Hall–Kier alpha value is -3.40. The highest BCUT2D eigenvalue weighted by molar-refractivity contribution is 5.97. The van der Waals surface area contributed by atoms with E-state index < -0.39 is 0 Å². The topological polar surface area (TPSA) is 55.1 Å². The van der Waals surface area contributed by atoms with Gasteiger partial charge in [0.2, 0.25) is 0 Å². The van der Waals surface area contributed by atoms with Gasteiger partial charge in [0.25, 0.3) is 5.91 Å². The van der Waals surface area contributed by atoms with E-state index in [0.29, 0.717) is 16.7 Å². The van der Waals surface area contributed by atoms with Crippen molar-refractivity contribution >= 4 is 17.0 Å². The van der Waals surface area contributed by atoms with Crippen LogP contribution in [-0.4, -0.2) is 10.9 Å². The van der Waals surface area contributed by atoms with Crippen molar-refractivity contribution in [1.29, 1.82) is 0 Å². The summed E-state index contributed by atoms with van der Waals surface area (Å²) in [5, 5.41) is 3.13. The number of carbonyl (C=O) groups excluding carboxylic acids is 1. The molecule has 0 bridgehead atoms. The summed E-state index contributed by atoms with van der Waals surface area (Å²) in [6.45, 7) is 0. The van der Waals surface area contributed by atoms with Crippen molar-refractivity contribution in [3.63, 3.8) is 0 Å². The van der Waals surface area contributed by atoms with Crippen molar-refractivity contribution in [1.82, 2.24) is 10.3 Å². The molecule has 4 nitrogen and oxygen atoms in total. The normalized spacial score (nSPS) is 10.9. The van der Waals surface area contributed by atoms with E-state index in [1.54, 1.807) is 18.2 Å². The molecule has 0 aliphatic heterocycles. The smallest absolute Gasteiger partial charge is 0.252 e. The number of aromatic nitrogens is 1. The Morgan fingerprint density at radius 2 is 1.52 bits per heavy atom. The van der Waals surface area contributed by atoms with Gasteiger partial charge in [-0.1, -0.05) is 60.7 Å². The predicted octanol–water partition coefficient (Wildman–Crippen LogP) is 4.35. The van der Waals surface area contributed by atoms with E-state index in [2.05, 4.69) is 10.3 Å². The van der Waals surface area contributed by atoms with E-state index in [4.69, 9.17) is 4.42 Å². The fraction of sp³-hybridized carbons (Fsp3) is 0.0476. The predicted molar refractivity (Wildman–Crippen MR) is 96.2 cm³/mol. The minimum Gasteiger partial charge on any atom is -0.443 e. The number of amides is 1. The Labute approximate surface area is 145 Å². The number of carbonyl (C=O) groups is 1. The molecule has 1 N–H and O–H groups in total. The summed E-state index contributed by atoms with van der Waals surface area (Å²) in [6.07, 6.45) is 1.38. The Balaban J connectivity index is 1.67. The third kappa shape index (κ3) is 3.15. The Morgan fingerprint density at radius 1 is 0.880 bits per heavy atom. The summed E-state index contributed by atoms with van der Waals surface area (Å²) in [4.78, 5) is 16.9. The van der Waals surface area contributed by atoms with Crippen LogP contribution in [0.5, 0.6) is 0 Å². The molecule has 122 valence electrons. The van der Waals surface area contributed by atoms with Crippen LogP contribution in [0, 0.1) is 0 Å². The number of fused-ring (bicyclic) bond motifs is 1. The quantitative estimate of drug-likeness (QED) is 0.606. The second-order valence-electron chi connectivity index (χ2n) is 5.76. The Kier molecular flexibility index (Phi) is 4.01. The lowest BCUT2D eigenvalue weighted by Crippen LogP contribution is -2.29. The van der Waals surface area contributed by atoms with Crippen LogP contribution in [0.3, 0.4) is 0 Å². The van der Waals surface area contributed by atoms with E-state index >= 15 is 0 Å². The third-order valence-corrected chi connectivity index (χ3v) is 4.13. The van der Waals surface area contributed by atoms with Crippen molar-refractivity contribution in [2.24, 2.45) is 0 Å². The van der Waals surface area contributed by atoms with Crippen molar-refractivity contribution in [2.45, 2.75) is 6.04 Å². The molecule has 1 aromatic heterocycles. The van der Waals surface area contributed by atoms with Crippen molar-refractivity contribution in [3.8, 4) is 0 Å². The van der Waals surface area contributed by atoms with Crippen LogP contribution >= 0.6 is 0 Å². The number of benzene rings is 3. The van der Waals surface area contributed by atoms with Crippen LogP contribution in [0.1, 0.15) is 27.5 Å². The van der Waals surface area contributed by atoms with E-state index in [0.717, 1.165) is 11.1 Å². The van der Waals surface area contributed by atoms with Crippen molar-refractivity contribution < 1.29 is 9.21 Å². The van der Waals surface area contributed by atoms with Gasteiger partial charge < -0.3 is 9.73 Å². The number of rotatable bonds is 4. The zero-order valence-electron chi connectivity index (χ0n) is 13.4. The summed E-state index contributed by atoms with van der Waals surface area (Å²) in [7, 11) is 0. The molecule has 3 aromatic carbocycles. The van der Waals surface area contributed by atoms with Crippen LogP contribution in [0.4, 0.5) is 0 Å². The largest absolute Gasteiger partial charge is 0.443 e. The summed E-state index contributed by atoms with van der Waals surface area (Å²) in [5.41, 5.74) is 3.95. The van der Waals surface area contributed by atoms with Gasteiger partial charge in [0, 0.05) is 5.56 Å². The van der Waals surface area contributed by atoms with Gasteiger partial charge in [-0.2, -0.15) is 0 Å². The van der Waals surface area contributed by atoms with Crippen LogP contribution in [0.15, 0.2) is 89.7 Å². The van der Waals surface area contributed by atoms with Gasteiger partial charge in [0.05, 0.1) is 6.04 Å². The van der Waals surface area contributed by atoms with Gasteiger partial charge in [-0.15, -0.1) is 0 Å². The molecule has 4 aromatic rings. The number of hydrogen-bond donors (Lipinski definition) is 1. The second-order valence-corrected chi connectivity index (χ2v) is 5.76. The maximum Gasteiger partial charge on any atom is 0.252 e. The molecule has 1 heterocycles. The molecule has 0 atom stereocenters. The van der Waals surface area contributed by atoms with E-state index in [1.165, 1.54) is 6.39 Å². The molecular formula is C21H16N2O2. The second kappa shape index (κ2) is 6.61. The average molecular weight is 328 g/mol. The SMILES string of the molecule is O=C(NC(c1ccccc1)c1ccccc1)c1ccc2ocnc2c1. The lowest BCUT2D eigenvalue weighted by molar-refractivity contribution is 0.0943. The van der Waals surface area contributed by atoms with Crippen molar-refractivity contribution in [3.05, 3.63) is 102 Å². The van der Waals surface area contributed by atoms with Gasteiger partial charge in [-0.05, 0) is 29.3 Å².